The van der Waals surface area contributed by atoms with Crippen LogP contribution in [0.5, 0.6) is 0 Å². The van der Waals surface area contributed by atoms with Gasteiger partial charge in [-0.25, -0.2) is 4.79 Å². The summed E-state index contributed by atoms with van der Waals surface area (Å²) < 4.78 is 4.97. The van der Waals surface area contributed by atoms with Gasteiger partial charge >= 0.3 is 5.97 Å². The van der Waals surface area contributed by atoms with Crippen LogP contribution < -0.4 is 5.73 Å². The van der Waals surface area contributed by atoms with Crippen molar-refractivity contribution in [2.24, 2.45) is 5.73 Å². The number of nitrogens with zero attached hydrogens (tertiary/aromatic N) is 1. The number of aromatic nitrogens is 1. The topological polar surface area (TPSA) is 65.2 Å². The maximum Gasteiger partial charge on any atom is 0.333 e. The van der Waals surface area contributed by atoms with Gasteiger partial charge in [0.1, 0.15) is 0 Å². The summed E-state index contributed by atoms with van der Waals surface area (Å²) in [6, 6.07) is 11.8. The second kappa shape index (κ2) is 8.25. The van der Waals surface area contributed by atoms with Gasteiger partial charge in [0.2, 0.25) is 0 Å². The van der Waals surface area contributed by atoms with Crippen molar-refractivity contribution in [2.45, 2.75) is 26.3 Å². The number of carbonyl (C=O) groups is 1. The molecule has 1 aromatic carbocycles. The zero-order valence-corrected chi connectivity index (χ0v) is 13.5. The molecular formula is C19H22N2O2. The van der Waals surface area contributed by atoms with Gasteiger partial charge in [0.15, 0.2) is 0 Å². The lowest BCUT2D eigenvalue weighted by Gasteiger charge is -2.11. The Morgan fingerprint density at radius 3 is 2.65 bits per heavy atom. The summed E-state index contributed by atoms with van der Waals surface area (Å²) in [5, 5.41) is 0. The van der Waals surface area contributed by atoms with Crippen molar-refractivity contribution in [2.75, 3.05) is 6.61 Å². The molecule has 4 nitrogen and oxygen atoms in total. The maximum absolute atomic E-state index is 11.6. The van der Waals surface area contributed by atoms with Gasteiger partial charge in [-0.3, -0.25) is 4.98 Å². The largest absolute Gasteiger partial charge is 0.463 e. The van der Waals surface area contributed by atoms with E-state index in [0.29, 0.717) is 12.2 Å². The van der Waals surface area contributed by atoms with Crippen molar-refractivity contribution in [3.8, 4) is 0 Å². The molecular weight excluding hydrogens is 288 g/mol. The number of pyridine rings is 1. The molecule has 0 saturated heterocycles. The zero-order valence-electron chi connectivity index (χ0n) is 13.5. The molecule has 1 unspecified atom stereocenters. The Bertz CT molecular complexity index is 664. The van der Waals surface area contributed by atoms with E-state index >= 15 is 0 Å². The molecule has 0 aliphatic heterocycles. The molecule has 120 valence electrons. The predicted molar refractivity (Wildman–Crippen MR) is 91.6 cm³/mol. The van der Waals surface area contributed by atoms with E-state index in [0.717, 1.165) is 23.1 Å². The number of hydrogen-bond acceptors (Lipinski definition) is 4. The molecule has 1 heterocycles. The van der Waals surface area contributed by atoms with Crippen LogP contribution in [0.4, 0.5) is 0 Å². The number of nitrogens with two attached hydrogens (primary N) is 1. The average Bonchev–Trinajstić information content (AvgIpc) is 2.57. The number of carbonyl (C=O) groups excluding carboxylic acids is 1. The van der Waals surface area contributed by atoms with E-state index in [-0.39, 0.29) is 12.0 Å². The summed E-state index contributed by atoms with van der Waals surface area (Å²) >= 11 is 0. The number of ether oxygens (including phenoxy) is 1. The van der Waals surface area contributed by atoms with Crippen LogP contribution >= 0.6 is 0 Å². The molecule has 2 N–H and O–H groups in total. The lowest BCUT2D eigenvalue weighted by Crippen LogP contribution is -2.13. The highest BCUT2D eigenvalue weighted by atomic mass is 16.5. The fraction of sp³-hybridized carbons (Fsp3) is 0.263. The molecule has 0 aliphatic carbocycles. The number of hydrogen-bond donors (Lipinski definition) is 1. The van der Waals surface area contributed by atoms with Crippen molar-refractivity contribution in [1.29, 1.82) is 0 Å². The van der Waals surface area contributed by atoms with Gasteiger partial charge in [0.05, 0.1) is 6.61 Å². The smallest absolute Gasteiger partial charge is 0.333 e. The molecule has 0 aliphatic rings. The monoisotopic (exact) mass is 310 g/mol. The molecule has 1 aromatic heterocycles. The van der Waals surface area contributed by atoms with Crippen molar-refractivity contribution in [3.63, 3.8) is 0 Å². The SMILES string of the molecule is CCOC(=O)/C(C)=C/c1ccc(CC(N)c2cccnc2)cc1. The van der Waals surface area contributed by atoms with E-state index in [4.69, 9.17) is 10.5 Å². The molecule has 4 heteroatoms. The molecule has 2 rings (SSSR count). The summed E-state index contributed by atoms with van der Waals surface area (Å²) in [5.74, 6) is -0.282. The Labute approximate surface area is 137 Å². The third kappa shape index (κ3) is 5.04. The van der Waals surface area contributed by atoms with Gasteiger partial charge in [0.25, 0.3) is 0 Å². The molecule has 0 spiro atoms. The van der Waals surface area contributed by atoms with Crippen LogP contribution in [-0.2, 0) is 16.0 Å². The minimum Gasteiger partial charge on any atom is -0.463 e. The van der Waals surface area contributed by atoms with Crippen molar-refractivity contribution in [3.05, 3.63) is 71.1 Å². The second-order valence-corrected chi connectivity index (χ2v) is 5.39. The molecule has 2 aromatic rings. The summed E-state index contributed by atoms with van der Waals surface area (Å²) in [4.78, 5) is 15.7. The standard InChI is InChI=1S/C19H22N2O2/c1-3-23-19(22)14(2)11-15-6-8-16(9-7-15)12-18(20)17-5-4-10-21-13-17/h4-11,13,18H,3,12,20H2,1-2H3/b14-11+. The van der Waals surface area contributed by atoms with E-state index in [1.807, 2.05) is 42.5 Å². The summed E-state index contributed by atoms with van der Waals surface area (Å²) in [6.07, 6.45) is 6.10. The zero-order chi connectivity index (χ0) is 16.7. The van der Waals surface area contributed by atoms with E-state index in [9.17, 15) is 4.79 Å². The van der Waals surface area contributed by atoms with Crippen LogP contribution in [0.1, 0.15) is 36.6 Å². The molecule has 0 saturated carbocycles. The third-order valence-electron chi connectivity index (χ3n) is 3.53. The molecule has 0 radical (unpaired) electrons. The maximum atomic E-state index is 11.6. The van der Waals surface area contributed by atoms with Gasteiger partial charge in [0, 0.05) is 24.0 Å². The first-order chi connectivity index (χ1) is 11.1. The number of esters is 1. The Hall–Kier alpha value is -2.46. The fourth-order valence-corrected chi connectivity index (χ4v) is 2.27. The first-order valence-corrected chi connectivity index (χ1v) is 7.70. The molecule has 23 heavy (non-hydrogen) atoms. The van der Waals surface area contributed by atoms with Gasteiger partial charge < -0.3 is 10.5 Å². The quantitative estimate of drug-likeness (QED) is 0.657. The first kappa shape index (κ1) is 16.9. The van der Waals surface area contributed by atoms with Crippen LogP contribution in [0.3, 0.4) is 0 Å². The van der Waals surface area contributed by atoms with E-state index in [1.54, 1.807) is 26.2 Å². The number of benzene rings is 1. The van der Waals surface area contributed by atoms with Crippen LogP contribution in [0.15, 0.2) is 54.4 Å². The van der Waals surface area contributed by atoms with Crippen LogP contribution in [-0.4, -0.2) is 17.6 Å². The predicted octanol–water partition coefficient (Wildman–Crippen LogP) is 3.29. The minimum absolute atomic E-state index is 0.0774. The highest BCUT2D eigenvalue weighted by Gasteiger charge is 2.07. The lowest BCUT2D eigenvalue weighted by molar-refractivity contribution is -0.138. The van der Waals surface area contributed by atoms with E-state index in [1.165, 1.54) is 0 Å². The van der Waals surface area contributed by atoms with Crippen molar-refractivity contribution < 1.29 is 9.53 Å². The Morgan fingerprint density at radius 1 is 1.30 bits per heavy atom. The second-order valence-electron chi connectivity index (χ2n) is 5.39. The highest BCUT2D eigenvalue weighted by molar-refractivity contribution is 5.92. The van der Waals surface area contributed by atoms with E-state index in [2.05, 4.69) is 4.98 Å². The Kier molecular flexibility index (Phi) is 6.06. The third-order valence-corrected chi connectivity index (χ3v) is 3.53. The van der Waals surface area contributed by atoms with Gasteiger partial charge in [-0.2, -0.15) is 0 Å². The molecule has 0 fully saturated rings. The van der Waals surface area contributed by atoms with Gasteiger partial charge in [-0.05, 0) is 49.1 Å². The Morgan fingerprint density at radius 2 is 2.04 bits per heavy atom. The molecule has 0 amide bonds. The molecule has 0 bridgehead atoms. The Balaban J connectivity index is 2.02. The van der Waals surface area contributed by atoms with Crippen LogP contribution in [0.25, 0.3) is 6.08 Å². The molecule has 1 atom stereocenters. The normalized spacial score (nSPS) is 12.7. The highest BCUT2D eigenvalue weighted by Crippen LogP contribution is 2.16. The minimum atomic E-state index is -0.282. The lowest BCUT2D eigenvalue weighted by atomic mass is 10.00. The van der Waals surface area contributed by atoms with Crippen LogP contribution in [0, 0.1) is 0 Å². The summed E-state index contributed by atoms with van der Waals surface area (Å²) in [5.41, 5.74) is 9.93. The fourth-order valence-electron chi connectivity index (χ4n) is 2.27. The van der Waals surface area contributed by atoms with Crippen molar-refractivity contribution >= 4 is 12.0 Å². The first-order valence-electron chi connectivity index (χ1n) is 7.70. The summed E-state index contributed by atoms with van der Waals surface area (Å²) in [6.45, 7) is 3.94. The summed E-state index contributed by atoms with van der Waals surface area (Å²) in [7, 11) is 0. The van der Waals surface area contributed by atoms with Gasteiger partial charge in [-0.1, -0.05) is 30.3 Å². The van der Waals surface area contributed by atoms with E-state index < -0.39 is 0 Å². The number of rotatable bonds is 6. The van der Waals surface area contributed by atoms with Crippen LogP contribution in [0.2, 0.25) is 0 Å². The van der Waals surface area contributed by atoms with Crippen molar-refractivity contribution in [1.82, 2.24) is 4.98 Å². The van der Waals surface area contributed by atoms with Gasteiger partial charge in [-0.15, -0.1) is 0 Å². The average molecular weight is 310 g/mol.